The summed E-state index contributed by atoms with van der Waals surface area (Å²) in [5.74, 6) is 5.01. The van der Waals surface area contributed by atoms with E-state index in [4.69, 9.17) is 5.84 Å². The fourth-order valence-corrected chi connectivity index (χ4v) is 2.57. The van der Waals surface area contributed by atoms with Gasteiger partial charge in [0.05, 0.1) is 6.04 Å². The molecule has 0 aromatic carbocycles. The van der Waals surface area contributed by atoms with E-state index in [1.807, 2.05) is 24.4 Å². The Labute approximate surface area is 123 Å². The van der Waals surface area contributed by atoms with Crippen LogP contribution in [0.25, 0.3) is 0 Å². The zero-order valence-corrected chi connectivity index (χ0v) is 12.2. The highest BCUT2D eigenvalue weighted by Gasteiger charge is 2.34. The van der Waals surface area contributed by atoms with Gasteiger partial charge in [-0.25, -0.2) is 10.8 Å². The maximum Gasteiger partial charge on any atom is 0.433 e. The van der Waals surface area contributed by atoms with E-state index >= 15 is 0 Å². The van der Waals surface area contributed by atoms with Gasteiger partial charge in [0, 0.05) is 18.0 Å². The molecule has 0 radical (unpaired) electrons. The molecular weight excluding hydrogens is 303 g/mol. The average molecular weight is 317 g/mol. The van der Waals surface area contributed by atoms with Gasteiger partial charge >= 0.3 is 6.18 Å². The minimum Gasteiger partial charge on any atom is -0.352 e. The molecule has 5 nitrogen and oxygen atoms in total. The Morgan fingerprint density at radius 1 is 1.38 bits per heavy atom. The van der Waals surface area contributed by atoms with Crippen LogP contribution in [-0.2, 0) is 6.18 Å². The van der Waals surface area contributed by atoms with Crippen LogP contribution in [0.5, 0.6) is 0 Å². The average Bonchev–Trinajstić information content (AvgIpc) is 2.98. The van der Waals surface area contributed by atoms with Gasteiger partial charge in [0.1, 0.15) is 5.82 Å². The zero-order valence-electron chi connectivity index (χ0n) is 11.3. The van der Waals surface area contributed by atoms with E-state index in [1.165, 1.54) is 11.3 Å². The largest absolute Gasteiger partial charge is 0.433 e. The molecule has 0 aliphatic carbocycles. The van der Waals surface area contributed by atoms with Crippen LogP contribution in [0.3, 0.4) is 0 Å². The number of rotatable bonds is 4. The number of nitrogens with one attached hydrogen (secondary N) is 1. The maximum atomic E-state index is 12.8. The summed E-state index contributed by atoms with van der Waals surface area (Å²) in [6.07, 6.45) is -4.56. The Hall–Kier alpha value is -1.87. The van der Waals surface area contributed by atoms with E-state index in [9.17, 15) is 13.2 Å². The van der Waals surface area contributed by atoms with Crippen LogP contribution >= 0.6 is 11.3 Å². The second kappa shape index (κ2) is 5.86. The molecule has 0 amide bonds. The molecule has 0 saturated heterocycles. The van der Waals surface area contributed by atoms with E-state index in [-0.39, 0.29) is 17.8 Å². The summed E-state index contributed by atoms with van der Waals surface area (Å²) in [7, 11) is 1.67. The Balaban J connectivity index is 2.38. The predicted octanol–water partition coefficient (Wildman–Crippen LogP) is 3.04. The highest BCUT2D eigenvalue weighted by molar-refractivity contribution is 7.10. The fourth-order valence-electron chi connectivity index (χ4n) is 1.74. The van der Waals surface area contributed by atoms with Crippen LogP contribution in [0.4, 0.5) is 24.9 Å². The van der Waals surface area contributed by atoms with Crippen molar-refractivity contribution in [3.8, 4) is 0 Å². The summed E-state index contributed by atoms with van der Waals surface area (Å²) < 4.78 is 38.5. The van der Waals surface area contributed by atoms with Crippen LogP contribution in [0.1, 0.15) is 23.5 Å². The Bertz CT molecular complexity index is 599. The van der Waals surface area contributed by atoms with Gasteiger partial charge in [-0.2, -0.15) is 18.2 Å². The van der Waals surface area contributed by atoms with Gasteiger partial charge in [-0.05, 0) is 18.4 Å². The van der Waals surface area contributed by atoms with Crippen LogP contribution < -0.4 is 16.2 Å². The summed E-state index contributed by atoms with van der Waals surface area (Å²) in [6, 6.07) is 4.59. The monoisotopic (exact) mass is 317 g/mol. The maximum absolute atomic E-state index is 12.8. The number of hydrazine groups is 1. The minimum atomic E-state index is -4.56. The Kier molecular flexibility index (Phi) is 4.33. The molecule has 9 heteroatoms. The Morgan fingerprint density at radius 3 is 2.62 bits per heavy atom. The van der Waals surface area contributed by atoms with Crippen molar-refractivity contribution in [3.63, 3.8) is 0 Å². The number of thiophene rings is 1. The summed E-state index contributed by atoms with van der Waals surface area (Å²) in [6.45, 7) is 1.89. The highest BCUT2D eigenvalue weighted by atomic mass is 32.1. The first-order valence-corrected chi connectivity index (χ1v) is 6.90. The normalized spacial score (nSPS) is 13.0. The van der Waals surface area contributed by atoms with Crippen molar-refractivity contribution in [2.24, 2.45) is 5.84 Å². The molecular formula is C12H14F3N5S. The topological polar surface area (TPSA) is 67.1 Å². The van der Waals surface area contributed by atoms with Gasteiger partial charge < -0.3 is 4.90 Å². The molecule has 0 bridgehead atoms. The van der Waals surface area contributed by atoms with Crippen molar-refractivity contribution in [1.29, 1.82) is 0 Å². The second-order valence-corrected chi connectivity index (χ2v) is 5.36. The number of aromatic nitrogens is 2. The third-order valence-corrected chi connectivity index (χ3v) is 4.07. The second-order valence-electron chi connectivity index (χ2n) is 4.38. The number of alkyl halides is 3. The van der Waals surface area contributed by atoms with Gasteiger partial charge in [0.25, 0.3) is 0 Å². The smallest absolute Gasteiger partial charge is 0.352 e. The van der Waals surface area contributed by atoms with Crippen molar-refractivity contribution in [3.05, 3.63) is 34.2 Å². The number of hydrogen-bond donors (Lipinski definition) is 2. The standard InChI is InChI=1S/C12H14F3N5S/c1-7(8-4-3-5-21-8)20(2)10-6-9(12(13,14)15)17-11(18-10)19-16/h3-7H,16H2,1-2H3,(H,17,18,19). The summed E-state index contributed by atoms with van der Waals surface area (Å²) in [5.41, 5.74) is 1.03. The lowest BCUT2D eigenvalue weighted by Crippen LogP contribution is -2.24. The number of nitrogen functional groups attached to an aromatic ring is 1. The molecule has 1 unspecified atom stereocenters. The Morgan fingerprint density at radius 2 is 2.10 bits per heavy atom. The molecule has 0 saturated carbocycles. The molecule has 2 heterocycles. The molecule has 0 aliphatic heterocycles. The summed E-state index contributed by atoms with van der Waals surface area (Å²) in [5, 5.41) is 1.91. The number of anilines is 2. The van der Waals surface area contributed by atoms with Gasteiger partial charge in [0.2, 0.25) is 5.95 Å². The van der Waals surface area contributed by atoms with Gasteiger partial charge in [-0.1, -0.05) is 6.07 Å². The molecule has 2 aromatic rings. The molecule has 2 aromatic heterocycles. The first-order valence-electron chi connectivity index (χ1n) is 6.02. The van der Waals surface area contributed by atoms with Crippen molar-refractivity contribution >= 4 is 23.1 Å². The molecule has 0 aliphatic rings. The fraction of sp³-hybridized carbons (Fsp3) is 0.333. The van der Waals surface area contributed by atoms with E-state index in [2.05, 4.69) is 15.4 Å². The van der Waals surface area contributed by atoms with Crippen LogP contribution in [-0.4, -0.2) is 17.0 Å². The van der Waals surface area contributed by atoms with E-state index in [0.29, 0.717) is 0 Å². The van der Waals surface area contributed by atoms with E-state index in [0.717, 1.165) is 10.9 Å². The zero-order chi connectivity index (χ0) is 15.6. The van der Waals surface area contributed by atoms with Crippen LogP contribution in [0.2, 0.25) is 0 Å². The molecule has 2 rings (SSSR count). The molecule has 0 spiro atoms. The van der Waals surface area contributed by atoms with E-state index < -0.39 is 11.9 Å². The van der Waals surface area contributed by atoms with Gasteiger partial charge in [-0.15, -0.1) is 11.3 Å². The third kappa shape index (κ3) is 3.42. The third-order valence-electron chi connectivity index (χ3n) is 3.03. The molecule has 0 fully saturated rings. The lowest BCUT2D eigenvalue weighted by molar-refractivity contribution is -0.141. The van der Waals surface area contributed by atoms with Crippen molar-refractivity contribution in [2.45, 2.75) is 19.1 Å². The van der Waals surface area contributed by atoms with Crippen LogP contribution in [0.15, 0.2) is 23.6 Å². The van der Waals surface area contributed by atoms with Crippen molar-refractivity contribution < 1.29 is 13.2 Å². The van der Waals surface area contributed by atoms with Gasteiger partial charge in [0.15, 0.2) is 5.69 Å². The van der Waals surface area contributed by atoms with Gasteiger partial charge in [-0.3, -0.25) is 5.43 Å². The molecule has 1 atom stereocenters. The van der Waals surface area contributed by atoms with E-state index in [1.54, 1.807) is 11.9 Å². The predicted molar refractivity (Wildman–Crippen MR) is 76.0 cm³/mol. The summed E-state index contributed by atoms with van der Waals surface area (Å²) in [4.78, 5) is 9.97. The summed E-state index contributed by atoms with van der Waals surface area (Å²) >= 11 is 1.53. The lowest BCUT2D eigenvalue weighted by atomic mass is 10.2. The highest BCUT2D eigenvalue weighted by Crippen LogP contribution is 2.33. The molecule has 114 valence electrons. The van der Waals surface area contributed by atoms with Crippen LogP contribution in [0, 0.1) is 0 Å². The first kappa shape index (κ1) is 15.5. The molecule has 3 N–H and O–H groups in total. The first-order chi connectivity index (χ1) is 9.82. The lowest BCUT2D eigenvalue weighted by Gasteiger charge is -2.26. The number of hydrogen-bond acceptors (Lipinski definition) is 6. The quantitative estimate of drug-likeness (QED) is 0.670. The van der Waals surface area contributed by atoms with Crippen molar-refractivity contribution in [1.82, 2.24) is 9.97 Å². The number of halogens is 3. The minimum absolute atomic E-state index is 0.119. The molecule has 21 heavy (non-hydrogen) atoms. The SMILES string of the molecule is CC(c1cccs1)N(C)c1cc(C(F)(F)F)nc(NN)n1. The number of nitrogens with two attached hydrogens (primary N) is 1. The number of nitrogens with zero attached hydrogens (tertiary/aromatic N) is 3. The van der Waals surface area contributed by atoms with Crippen molar-refractivity contribution in [2.75, 3.05) is 17.4 Å².